The third-order valence-corrected chi connectivity index (χ3v) is 8.44. The van der Waals surface area contributed by atoms with Gasteiger partial charge < -0.3 is 25.3 Å². The summed E-state index contributed by atoms with van der Waals surface area (Å²) >= 11 is 13.2. The molecule has 2 aromatic carbocycles. The van der Waals surface area contributed by atoms with Gasteiger partial charge in [-0.25, -0.2) is 9.79 Å². The maximum Gasteiger partial charge on any atom is 0.328 e. The third-order valence-electron chi connectivity index (χ3n) is 7.73. The summed E-state index contributed by atoms with van der Waals surface area (Å²) in [6, 6.07) is 5.42. The highest BCUT2D eigenvalue weighted by Gasteiger charge is 2.31. The van der Waals surface area contributed by atoms with E-state index in [9.17, 15) is 24.6 Å². The van der Waals surface area contributed by atoms with Crippen LogP contribution in [0.25, 0.3) is 15.9 Å². The first-order valence-electron chi connectivity index (χ1n) is 13.9. The molecular weight excluding hydrogens is 611 g/mol. The summed E-state index contributed by atoms with van der Waals surface area (Å²) in [5.74, 6) is -2.06. The van der Waals surface area contributed by atoms with Crippen LogP contribution in [0.3, 0.4) is 0 Å². The van der Waals surface area contributed by atoms with Crippen LogP contribution >= 0.6 is 23.2 Å². The molecule has 230 valence electrons. The summed E-state index contributed by atoms with van der Waals surface area (Å²) in [5, 5.41) is 30.3. The molecule has 1 fully saturated rings. The monoisotopic (exact) mass is 640 g/mol. The number of β-amino-alcohol motifs (C(OH)–C–C–N with tert-alkyl or cyclic N) is 1. The van der Waals surface area contributed by atoms with Gasteiger partial charge in [0.15, 0.2) is 0 Å². The maximum absolute atomic E-state index is 13.3. The number of aliphatic hydroxyl groups is 1. The molecule has 2 aliphatic heterocycles. The first kappa shape index (κ1) is 31.1. The molecule has 0 unspecified atom stereocenters. The molecule has 5 rings (SSSR count). The number of aliphatic carboxylic acids is 1. The van der Waals surface area contributed by atoms with Crippen LogP contribution in [0.5, 0.6) is 0 Å². The number of benzene rings is 2. The van der Waals surface area contributed by atoms with Gasteiger partial charge >= 0.3 is 5.97 Å². The largest absolute Gasteiger partial charge is 0.480 e. The number of rotatable bonds is 6. The van der Waals surface area contributed by atoms with E-state index in [4.69, 9.17) is 29.8 Å². The number of carbonyl (C=O) groups is 3. The van der Waals surface area contributed by atoms with Gasteiger partial charge in [0.25, 0.3) is 17.8 Å². The van der Waals surface area contributed by atoms with E-state index in [1.165, 1.54) is 0 Å². The van der Waals surface area contributed by atoms with E-state index in [0.29, 0.717) is 42.6 Å². The van der Waals surface area contributed by atoms with Gasteiger partial charge in [0.2, 0.25) is 0 Å². The van der Waals surface area contributed by atoms with Crippen molar-refractivity contribution < 1.29 is 24.6 Å². The van der Waals surface area contributed by atoms with Crippen molar-refractivity contribution in [1.82, 2.24) is 30.7 Å². The highest BCUT2D eigenvalue weighted by atomic mass is 35.5. The Morgan fingerprint density at radius 1 is 1.25 bits per heavy atom. The highest BCUT2D eigenvalue weighted by Crippen LogP contribution is 2.35. The zero-order valence-corrected chi connectivity index (χ0v) is 25.2. The second kappa shape index (κ2) is 13.1. The van der Waals surface area contributed by atoms with Crippen LogP contribution in [-0.4, -0.2) is 92.3 Å². The number of carboxylic acids is 1. The number of carboxylic acid groups (broad SMARTS) is 1. The van der Waals surface area contributed by atoms with E-state index in [1.807, 2.05) is 13.0 Å². The Balaban J connectivity index is 1.31. The normalized spacial score (nSPS) is 19.2. The van der Waals surface area contributed by atoms with Crippen LogP contribution in [0, 0.1) is 12.5 Å². The number of aromatic amines is 1. The van der Waals surface area contributed by atoms with Gasteiger partial charge in [0.05, 0.1) is 40.0 Å². The SMILES string of the molecule is [C-]#[N+]NC(=NC[C@H](NC(=O)c1c(Cl)cc2c(c1Cl)CCN(C(=O)c1ccc3cn[nH]c3c1)C2)C(=O)O)N1C[C@H](C)C[C@H](O)C1. The van der Waals surface area contributed by atoms with Crippen LogP contribution in [0.1, 0.15) is 45.2 Å². The fourth-order valence-electron chi connectivity index (χ4n) is 5.63. The molecule has 5 N–H and O–H groups in total. The van der Waals surface area contributed by atoms with Crippen molar-refractivity contribution in [1.29, 1.82) is 0 Å². The molecule has 2 amide bonds. The van der Waals surface area contributed by atoms with Crippen molar-refractivity contribution in [3.05, 3.63) is 74.3 Å². The molecule has 44 heavy (non-hydrogen) atoms. The Hall–Kier alpha value is -4.38. The number of nitrogens with zero attached hydrogens (tertiary/aromatic N) is 5. The minimum Gasteiger partial charge on any atom is -0.480 e. The number of hydrogen-bond acceptors (Lipinski definition) is 6. The lowest BCUT2D eigenvalue weighted by Crippen LogP contribution is -2.50. The summed E-state index contributed by atoms with van der Waals surface area (Å²) in [5.41, 5.74) is 4.95. The van der Waals surface area contributed by atoms with Gasteiger partial charge in [-0.3, -0.25) is 14.7 Å². The van der Waals surface area contributed by atoms with Gasteiger partial charge in [0.1, 0.15) is 6.04 Å². The summed E-state index contributed by atoms with van der Waals surface area (Å²) < 4.78 is 0. The Bertz CT molecular complexity index is 1680. The Kier molecular flexibility index (Phi) is 9.24. The van der Waals surface area contributed by atoms with Gasteiger partial charge in [0, 0.05) is 37.1 Å². The summed E-state index contributed by atoms with van der Waals surface area (Å²) in [6.45, 7) is 10.1. The van der Waals surface area contributed by atoms with Crippen LogP contribution < -0.4 is 10.7 Å². The first-order chi connectivity index (χ1) is 21.0. The van der Waals surface area contributed by atoms with Crippen LogP contribution in [-0.2, 0) is 17.8 Å². The van der Waals surface area contributed by atoms with Crippen molar-refractivity contribution in [3.63, 3.8) is 0 Å². The van der Waals surface area contributed by atoms with Crippen molar-refractivity contribution in [2.75, 3.05) is 26.2 Å². The van der Waals surface area contributed by atoms with Crippen molar-refractivity contribution in [2.24, 2.45) is 10.9 Å². The molecular formula is C29H30Cl2N8O5. The van der Waals surface area contributed by atoms with E-state index < -0.39 is 24.0 Å². The number of carbonyl (C=O) groups excluding carboxylic acids is 2. The van der Waals surface area contributed by atoms with Gasteiger partial charge in [-0.2, -0.15) is 16.6 Å². The number of guanidine groups is 1. The summed E-state index contributed by atoms with van der Waals surface area (Å²) in [6.07, 6.45) is 2.03. The molecule has 1 aromatic heterocycles. The van der Waals surface area contributed by atoms with Crippen molar-refractivity contribution >= 4 is 57.8 Å². The Labute approximate surface area is 262 Å². The molecule has 1 saturated heterocycles. The molecule has 0 aliphatic carbocycles. The molecule has 3 aromatic rings. The topological polar surface area (TPSA) is 168 Å². The zero-order valence-electron chi connectivity index (χ0n) is 23.7. The number of hydrogen-bond donors (Lipinski definition) is 5. The minimum atomic E-state index is -1.46. The van der Waals surface area contributed by atoms with E-state index >= 15 is 0 Å². The number of piperidine rings is 1. The number of amides is 2. The van der Waals surface area contributed by atoms with Crippen LogP contribution in [0.4, 0.5) is 0 Å². The predicted molar refractivity (Wildman–Crippen MR) is 163 cm³/mol. The standard InChI is InChI=1S/C29H30Cl2N8O5/c1-15-7-19(40)14-39(12-15)29(37-32-2)33-11-23(28(43)44)35-26(41)24-21(30)8-18-13-38(6-5-20(18)25(24)31)27(42)16-3-4-17-10-34-36-22(17)9-16/h3-4,8-10,15,19,23,40H,5-7,11-14H2,1H3,(H,33,37)(H,34,36)(H,35,41)(H,43,44)/t15-,19+,23+/m1/s1. The summed E-state index contributed by atoms with van der Waals surface area (Å²) in [7, 11) is 0. The Morgan fingerprint density at radius 3 is 2.77 bits per heavy atom. The average molecular weight is 642 g/mol. The van der Waals surface area contributed by atoms with Gasteiger partial charge in [-0.05, 0) is 48.1 Å². The van der Waals surface area contributed by atoms with Gasteiger partial charge in [-0.15, -0.1) is 0 Å². The fraction of sp³-hybridized carbons (Fsp3) is 0.379. The molecule has 0 radical (unpaired) electrons. The number of H-pyrrole nitrogens is 1. The lowest BCUT2D eigenvalue weighted by atomic mass is 9.96. The Morgan fingerprint density at radius 2 is 2.05 bits per heavy atom. The molecule has 0 saturated carbocycles. The molecule has 13 nitrogen and oxygen atoms in total. The molecule has 15 heteroatoms. The molecule has 3 atom stereocenters. The minimum absolute atomic E-state index is 0.0127. The van der Waals surface area contributed by atoms with Crippen LogP contribution in [0.2, 0.25) is 10.0 Å². The zero-order chi connectivity index (χ0) is 31.5. The molecule has 2 aliphatic rings. The number of aliphatic hydroxyl groups excluding tert-OH is 1. The molecule has 0 bridgehead atoms. The van der Waals surface area contributed by atoms with E-state index in [2.05, 4.69) is 30.9 Å². The lowest BCUT2D eigenvalue weighted by Gasteiger charge is -2.34. The molecule has 3 heterocycles. The molecule has 0 spiro atoms. The van der Waals surface area contributed by atoms with E-state index in [0.717, 1.165) is 10.9 Å². The smallest absolute Gasteiger partial charge is 0.328 e. The average Bonchev–Trinajstić information content (AvgIpc) is 3.45. The maximum atomic E-state index is 13.3. The van der Waals surface area contributed by atoms with Crippen molar-refractivity contribution in [2.45, 2.75) is 38.5 Å². The van der Waals surface area contributed by atoms with Crippen molar-refractivity contribution in [3.8, 4) is 0 Å². The number of aliphatic imine (C=N–C) groups is 1. The quantitative estimate of drug-likeness (QED) is 0.119. The highest BCUT2D eigenvalue weighted by molar-refractivity contribution is 6.40. The number of fused-ring (bicyclic) bond motifs is 2. The second-order valence-electron chi connectivity index (χ2n) is 11.0. The first-order valence-corrected chi connectivity index (χ1v) is 14.7. The lowest BCUT2D eigenvalue weighted by molar-refractivity contribution is -0.138. The van der Waals surface area contributed by atoms with E-state index in [-0.39, 0.29) is 53.0 Å². The predicted octanol–water partition coefficient (Wildman–Crippen LogP) is 2.73. The fourth-order valence-corrected chi connectivity index (χ4v) is 6.39. The number of halogens is 2. The second-order valence-corrected chi connectivity index (χ2v) is 11.8. The third kappa shape index (κ3) is 6.57. The van der Waals surface area contributed by atoms with E-state index in [1.54, 1.807) is 34.2 Å². The van der Waals surface area contributed by atoms with Gasteiger partial charge in [-0.1, -0.05) is 41.6 Å². The van der Waals surface area contributed by atoms with Crippen LogP contribution in [0.15, 0.2) is 35.5 Å². The number of likely N-dealkylation sites (tertiary alicyclic amines) is 1. The number of aromatic nitrogens is 2. The number of nitrogens with one attached hydrogen (secondary N) is 3. The summed E-state index contributed by atoms with van der Waals surface area (Å²) in [4.78, 5) is 49.4.